The molecule has 8 nitrogen and oxygen atoms in total. The molecule has 1 atom stereocenters. The predicted molar refractivity (Wildman–Crippen MR) is 121 cm³/mol. The number of benzene rings is 3. The fourth-order valence-electron chi connectivity index (χ4n) is 3.00. The van der Waals surface area contributed by atoms with E-state index in [4.69, 9.17) is 9.47 Å². The maximum atomic E-state index is 12.5. The van der Waals surface area contributed by atoms with E-state index in [1.54, 1.807) is 36.4 Å². The summed E-state index contributed by atoms with van der Waals surface area (Å²) in [7, 11) is -2.31. The number of esters is 1. The molecule has 0 aliphatic rings. The van der Waals surface area contributed by atoms with Gasteiger partial charge in [0.1, 0.15) is 5.75 Å². The van der Waals surface area contributed by atoms with Crippen molar-refractivity contribution >= 4 is 38.4 Å². The summed E-state index contributed by atoms with van der Waals surface area (Å²) in [4.78, 5) is 24.5. The molecule has 0 heterocycles. The second-order valence-electron chi connectivity index (χ2n) is 6.98. The molecule has 0 aliphatic carbocycles. The van der Waals surface area contributed by atoms with Gasteiger partial charge in [-0.05, 0) is 42.0 Å². The summed E-state index contributed by atoms with van der Waals surface area (Å²) in [5.41, 5.74) is 0.450. The number of carbonyl (C=O) groups excluding carboxylic acids is 2. The molecular formula is C23H24N2O6S. The second kappa shape index (κ2) is 10.3. The molecule has 3 aromatic rings. The topological polar surface area (TPSA) is 111 Å². The average Bonchev–Trinajstić information content (AvgIpc) is 2.78. The molecule has 0 bridgehead atoms. The van der Waals surface area contributed by atoms with Crippen molar-refractivity contribution in [2.75, 3.05) is 19.0 Å². The molecule has 9 heteroatoms. The van der Waals surface area contributed by atoms with Crippen molar-refractivity contribution in [2.24, 2.45) is 0 Å². The zero-order chi connectivity index (χ0) is 23.1. The molecule has 168 valence electrons. The molecule has 0 saturated carbocycles. The quantitative estimate of drug-likeness (QED) is 0.479. The number of nitrogens with one attached hydrogen (secondary N) is 2. The van der Waals surface area contributed by atoms with Crippen molar-refractivity contribution in [2.45, 2.75) is 24.3 Å². The van der Waals surface area contributed by atoms with Crippen molar-refractivity contribution in [3.05, 3.63) is 66.7 Å². The highest BCUT2D eigenvalue weighted by atomic mass is 32.2. The number of amides is 1. The van der Waals surface area contributed by atoms with Gasteiger partial charge in [-0.15, -0.1) is 0 Å². The minimum atomic E-state index is -3.79. The van der Waals surface area contributed by atoms with Crippen LogP contribution in [0.2, 0.25) is 0 Å². The van der Waals surface area contributed by atoms with Gasteiger partial charge in [-0.2, -0.15) is 0 Å². The van der Waals surface area contributed by atoms with E-state index >= 15 is 0 Å². The largest absolute Gasteiger partial charge is 0.495 e. The van der Waals surface area contributed by atoms with Gasteiger partial charge in [0.05, 0.1) is 24.1 Å². The number of rotatable bonds is 9. The third-order valence-electron chi connectivity index (χ3n) is 4.69. The lowest BCUT2D eigenvalue weighted by atomic mass is 10.1. The van der Waals surface area contributed by atoms with Gasteiger partial charge in [0.25, 0.3) is 5.91 Å². The van der Waals surface area contributed by atoms with Crippen LogP contribution in [0.3, 0.4) is 0 Å². The van der Waals surface area contributed by atoms with Crippen molar-refractivity contribution < 1.29 is 27.5 Å². The monoisotopic (exact) mass is 456 g/mol. The smallest absolute Gasteiger partial charge is 0.307 e. The highest BCUT2D eigenvalue weighted by Gasteiger charge is 2.20. The van der Waals surface area contributed by atoms with Gasteiger partial charge in [-0.1, -0.05) is 42.5 Å². The SMILES string of the molecule is COc1ccccc1NC(=O)C(C)OC(=O)CCNS(=O)(=O)c1ccc2ccccc2c1. The lowest BCUT2D eigenvalue weighted by molar-refractivity contribution is -0.152. The lowest BCUT2D eigenvalue weighted by Gasteiger charge is -2.15. The number of anilines is 1. The zero-order valence-electron chi connectivity index (χ0n) is 17.7. The number of sulfonamides is 1. The highest BCUT2D eigenvalue weighted by molar-refractivity contribution is 7.89. The molecule has 2 N–H and O–H groups in total. The van der Waals surface area contributed by atoms with Crippen LogP contribution in [0.4, 0.5) is 5.69 Å². The van der Waals surface area contributed by atoms with E-state index in [0.29, 0.717) is 11.4 Å². The van der Waals surface area contributed by atoms with E-state index in [2.05, 4.69) is 10.0 Å². The number of hydrogen-bond donors (Lipinski definition) is 2. The number of fused-ring (bicyclic) bond motifs is 1. The minimum Gasteiger partial charge on any atom is -0.495 e. The number of hydrogen-bond acceptors (Lipinski definition) is 6. The van der Waals surface area contributed by atoms with Gasteiger partial charge in [-0.25, -0.2) is 13.1 Å². The molecule has 1 unspecified atom stereocenters. The van der Waals surface area contributed by atoms with Crippen LogP contribution in [0, 0.1) is 0 Å². The minimum absolute atomic E-state index is 0.106. The normalized spacial score (nSPS) is 12.2. The van der Waals surface area contributed by atoms with Gasteiger partial charge in [0.2, 0.25) is 10.0 Å². The zero-order valence-corrected chi connectivity index (χ0v) is 18.5. The fourth-order valence-corrected chi connectivity index (χ4v) is 4.06. The fraction of sp³-hybridized carbons (Fsp3) is 0.217. The third kappa shape index (κ3) is 5.83. The number of carbonyl (C=O) groups is 2. The standard InChI is InChI=1S/C23H24N2O6S/c1-16(23(27)25-20-9-5-6-10-21(20)30-2)31-22(26)13-14-24-32(28,29)19-12-11-17-7-3-4-8-18(17)15-19/h3-12,15-16,24H,13-14H2,1-2H3,(H,25,27). The van der Waals surface area contributed by atoms with Crippen LogP contribution in [-0.2, 0) is 24.3 Å². The summed E-state index contributed by atoms with van der Waals surface area (Å²) in [6.45, 7) is 1.27. The second-order valence-corrected chi connectivity index (χ2v) is 8.75. The molecule has 0 saturated heterocycles. The Bertz CT molecular complexity index is 1230. The Hall–Kier alpha value is -3.43. The third-order valence-corrected chi connectivity index (χ3v) is 6.15. The Morgan fingerprint density at radius 1 is 0.969 bits per heavy atom. The molecular weight excluding hydrogens is 432 g/mol. The molecule has 1 amide bonds. The molecule has 3 aromatic carbocycles. The summed E-state index contributed by atoms with van der Waals surface area (Å²) in [5.74, 6) is -0.754. The summed E-state index contributed by atoms with van der Waals surface area (Å²) in [5, 5.41) is 4.35. The summed E-state index contributed by atoms with van der Waals surface area (Å²) in [6, 6.07) is 19.1. The first-order chi connectivity index (χ1) is 15.3. The van der Waals surface area contributed by atoms with E-state index in [-0.39, 0.29) is 17.9 Å². The highest BCUT2D eigenvalue weighted by Crippen LogP contribution is 2.23. The first-order valence-electron chi connectivity index (χ1n) is 9.92. The number of methoxy groups -OCH3 is 1. The average molecular weight is 457 g/mol. The maximum Gasteiger partial charge on any atom is 0.307 e. The number of para-hydroxylation sites is 2. The molecule has 32 heavy (non-hydrogen) atoms. The van der Waals surface area contributed by atoms with Crippen LogP contribution in [0.15, 0.2) is 71.6 Å². The van der Waals surface area contributed by atoms with E-state index in [0.717, 1.165) is 10.8 Å². The van der Waals surface area contributed by atoms with Crippen molar-refractivity contribution in [1.82, 2.24) is 4.72 Å². The Morgan fingerprint density at radius 3 is 2.41 bits per heavy atom. The predicted octanol–water partition coefficient (Wildman–Crippen LogP) is 3.09. The van der Waals surface area contributed by atoms with Gasteiger partial charge in [-0.3, -0.25) is 9.59 Å². The van der Waals surface area contributed by atoms with Crippen LogP contribution in [0.25, 0.3) is 10.8 Å². The van der Waals surface area contributed by atoms with Crippen molar-refractivity contribution in [3.63, 3.8) is 0 Å². The van der Waals surface area contributed by atoms with Crippen LogP contribution < -0.4 is 14.8 Å². The molecule has 0 radical (unpaired) electrons. The van der Waals surface area contributed by atoms with Crippen LogP contribution in [0.1, 0.15) is 13.3 Å². The van der Waals surface area contributed by atoms with Gasteiger partial charge in [0, 0.05) is 6.54 Å². The van der Waals surface area contributed by atoms with E-state index in [1.165, 1.54) is 20.1 Å². The van der Waals surface area contributed by atoms with Gasteiger partial charge < -0.3 is 14.8 Å². The van der Waals surface area contributed by atoms with Crippen molar-refractivity contribution in [3.8, 4) is 5.75 Å². The first kappa shape index (κ1) is 23.2. The molecule has 0 fully saturated rings. The Morgan fingerprint density at radius 2 is 1.66 bits per heavy atom. The Labute approximate surface area is 186 Å². The lowest BCUT2D eigenvalue weighted by Crippen LogP contribution is -2.32. The molecule has 0 spiro atoms. The summed E-state index contributed by atoms with van der Waals surface area (Å²) in [6.07, 6.45) is -1.29. The van der Waals surface area contributed by atoms with Gasteiger partial charge in [0.15, 0.2) is 6.10 Å². The van der Waals surface area contributed by atoms with Crippen LogP contribution in [-0.4, -0.2) is 40.1 Å². The Balaban J connectivity index is 1.50. The van der Waals surface area contributed by atoms with E-state index in [1.807, 2.05) is 24.3 Å². The molecule has 0 aromatic heterocycles. The number of ether oxygens (including phenoxy) is 2. The molecule has 3 rings (SSSR count). The summed E-state index contributed by atoms with van der Waals surface area (Å²) >= 11 is 0. The molecule has 0 aliphatic heterocycles. The Kier molecular flexibility index (Phi) is 7.45. The van der Waals surface area contributed by atoms with E-state index in [9.17, 15) is 18.0 Å². The van der Waals surface area contributed by atoms with Gasteiger partial charge >= 0.3 is 5.97 Å². The maximum absolute atomic E-state index is 12.5. The van der Waals surface area contributed by atoms with E-state index < -0.39 is 28.0 Å². The van der Waals surface area contributed by atoms with Crippen LogP contribution in [0.5, 0.6) is 5.75 Å². The van der Waals surface area contributed by atoms with Crippen LogP contribution >= 0.6 is 0 Å². The summed E-state index contributed by atoms with van der Waals surface area (Å²) < 4.78 is 37.7. The first-order valence-corrected chi connectivity index (χ1v) is 11.4. The van der Waals surface area contributed by atoms with Crippen molar-refractivity contribution in [1.29, 1.82) is 0 Å².